The van der Waals surface area contributed by atoms with Crippen molar-refractivity contribution in [1.29, 1.82) is 0 Å². The molecule has 30 heavy (non-hydrogen) atoms. The first-order chi connectivity index (χ1) is 14.1. The number of hydrogen-bond donors (Lipinski definition) is 1. The molecule has 160 valence electrons. The van der Waals surface area contributed by atoms with E-state index in [0.29, 0.717) is 10.4 Å². The number of piperazine rings is 1. The molecule has 10 heteroatoms. The van der Waals surface area contributed by atoms with Crippen molar-refractivity contribution in [3.63, 3.8) is 0 Å². The molecule has 2 heterocycles. The molecule has 0 bridgehead atoms. The maximum Gasteiger partial charge on any atom is 0.269 e. The van der Waals surface area contributed by atoms with Crippen LogP contribution in [0.15, 0.2) is 64.5 Å². The summed E-state index contributed by atoms with van der Waals surface area (Å²) in [5.41, 5.74) is 0.262. The molecule has 2 unspecified atom stereocenters. The molecule has 0 amide bonds. The average Bonchev–Trinajstić information content (AvgIpc) is 3.08. The fraction of sp³-hybridized carbons (Fsp3) is 0.300. The van der Waals surface area contributed by atoms with Gasteiger partial charge in [0, 0.05) is 35.6 Å². The van der Waals surface area contributed by atoms with E-state index in [4.69, 9.17) is 11.6 Å². The monoisotopic (exact) mass is 467 g/mol. The predicted octanol–water partition coefficient (Wildman–Crippen LogP) is 2.90. The SMILES string of the molecule is CC1CN(S(=O)(=O)c2cc3cc(Cl)ccc3n2S(=O)(=O)c2ccccc2)CC(C)N1. The first-order valence-electron chi connectivity index (χ1n) is 9.48. The van der Waals surface area contributed by atoms with Crippen LogP contribution in [0.25, 0.3) is 10.9 Å². The van der Waals surface area contributed by atoms with Crippen molar-refractivity contribution in [3.05, 3.63) is 59.6 Å². The second-order valence-electron chi connectivity index (χ2n) is 7.56. The lowest BCUT2D eigenvalue weighted by molar-refractivity contribution is 0.262. The highest BCUT2D eigenvalue weighted by Gasteiger charge is 2.36. The Bertz CT molecular complexity index is 1290. The van der Waals surface area contributed by atoms with E-state index in [2.05, 4.69) is 5.32 Å². The normalized spacial score (nSPS) is 21.2. The van der Waals surface area contributed by atoms with Gasteiger partial charge in [0.25, 0.3) is 20.0 Å². The van der Waals surface area contributed by atoms with Gasteiger partial charge in [0.05, 0.1) is 10.4 Å². The van der Waals surface area contributed by atoms with Crippen molar-refractivity contribution in [2.75, 3.05) is 13.1 Å². The zero-order valence-corrected chi connectivity index (χ0v) is 18.9. The minimum Gasteiger partial charge on any atom is -0.309 e. The fourth-order valence-electron chi connectivity index (χ4n) is 3.87. The van der Waals surface area contributed by atoms with Crippen LogP contribution >= 0.6 is 11.6 Å². The molecule has 0 spiro atoms. The summed E-state index contributed by atoms with van der Waals surface area (Å²) in [5, 5.41) is 3.84. The molecule has 1 aliphatic rings. The lowest BCUT2D eigenvalue weighted by Gasteiger charge is -2.35. The lowest BCUT2D eigenvalue weighted by Crippen LogP contribution is -2.55. The molecule has 2 aromatic carbocycles. The van der Waals surface area contributed by atoms with Crippen molar-refractivity contribution in [2.45, 2.75) is 35.9 Å². The number of fused-ring (bicyclic) bond motifs is 1. The molecule has 1 N–H and O–H groups in total. The molecule has 0 aliphatic carbocycles. The van der Waals surface area contributed by atoms with Crippen molar-refractivity contribution in [1.82, 2.24) is 13.6 Å². The van der Waals surface area contributed by atoms with Gasteiger partial charge in [-0.05, 0) is 50.2 Å². The smallest absolute Gasteiger partial charge is 0.269 e. The zero-order chi connectivity index (χ0) is 21.7. The largest absolute Gasteiger partial charge is 0.309 e. The van der Waals surface area contributed by atoms with Crippen LogP contribution in [-0.2, 0) is 20.0 Å². The number of rotatable bonds is 4. The number of nitrogens with one attached hydrogen (secondary N) is 1. The van der Waals surface area contributed by atoms with E-state index in [9.17, 15) is 16.8 Å². The summed E-state index contributed by atoms with van der Waals surface area (Å²) in [6.07, 6.45) is 0. The number of nitrogens with zero attached hydrogens (tertiary/aromatic N) is 2. The molecular weight excluding hydrogens is 446 g/mol. The van der Waals surface area contributed by atoms with Gasteiger partial charge in [-0.1, -0.05) is 29.8 Å². The molecule has 1 fully saturated rings. The van der Waals surface area contributed by atoms with Crippen LogP contribution < -0.4 is 5.32 Å². The van der Waals surface area contributed by atoms with Crippen molar-refractivity contribution >= 4 is 42.6 Å². The van der Waals surface area contributed by atoms with Gasteiger partial charge in [0.2, 0.25) is 0 Å². The predicted molar refractivity (Wildman–Crippen MR) is 117 cm³/mol. The molecule has 1 aromatic heterocycles. The molecule has 0 radical (unpaired) electrons. The van der Waals surface area contributed by atoms with Crippen LogP contribution in [0, 0.1) is 0 Å². The van der Waals surface area contributed by atoms with Crippen LogP contribution in [-0.4, -0.2) is 50.3 Å². The van der Waals surface area contributed by atoms with Crippen LogP contribution in [0.4, 0.5) is 0 Å². The van der Waals surface area contributed by atoms with E-state index in [0.717, 1.165) is 3.97 Å². The van der Waals surface area contributed by atoms with Gasteiger partial charge in [0.1, 0.15) is 0 Å². The van der Waals surface area contributed by atoms with Gasteiger partial charge in [0.15, 0.2) is 5.03 Å². The summed E-state index contributed by atoms with van der Waals surface area (Å²) in [7, 11) is -8.25. The molecule has 4 rings (SSSR count). The summed E-state index contributed by atoms with van der Waals surface area (Å²) >= 11 is 6.09. The minimum atomic E-state index is -4.16. The van der Waals surface area contributed by atoms with Crippen LogP contribution in [0.5, 0.6) is 0 Å². The molecule has 2 atom stereocenters. The Morgan fingerprint density at radius 1 is 0.900 bits per heavy atom. The number of halogens is 1. The molecule has 7 nitrogen and oxygen atoms in total. The van der Waals surface area contributed by atoms with Crippen molar-refractivity contribution in [2.24, 2.45) is 0 Å². The highest BCUT2D eigenvalue weighted by atomic mass is 35.5. The van der Waals surface area contributed by atoms with Gasteiger partial charge in [-0.25, -0.2) is 20.8 Å². The molecule has 0 saturated carbocycles. The Balaban J connectivity index is 1.98. The van der Waals surface area contributed by atoms with Gasteiger partial charge < -0.3 is 5.32 Å². The van der Waals surface area contributed by atoms with Crippen molar-refractivity contribution in [3.8, 4) is 0 Å². The first kappa shape index (κ1) is 21.3. The summed E-state index contributed by atoms with van der Waals surface area (Å²) in [6.45, 7) is 4.29. The second kappa shape index (κ2) is 7.65. The molecule has 1 aliphatic heterocycles. The number of aromatic nitrogens is 1. The molecule has 1 saturated heterocycles. The van der Waals surface area contributed by atoms with E-state index in [1.54, 1.807) is 30.3 Å². The highest BCUT2D eigenvalue weighted by Crippen LogP contribution is 2.32. The highest BCUT2D eigenvalue weighted by molar-refractivity contribution is 7.92. The maximum absolute atomic E-state index is 13.6. The Kier molecular flexibility index (Phi) is 5.44. The van der Waals surface area contributed by atoms with E-state index >= 15 is 0 Å². The van der Waals surface area contributed by atoms with Gasteiger partial charge in [-0.3, -0.25) is 0 Å². The van der Waals surface area contributed by atoms with E-state index in [1.165, 1.54) is 28.6 Å². The second-order valence-corrected chi connectivity index (χ2v) is 11.7. The molecular formula is C20H22ClN3O4S2. The Hall–Kier alpha value is -1.91. The minimum absolute atomic E-state index is 0.0101. The summed E-state index contributed by atoms with van der Waals surface area (Å²) in [4.78, 5) is 0.0101. The first-order valence-corrected chi connectivity index (χ1v) is 12.7. The average molecular weight is 468 g/mol. The third-order valence-electron chi connectivity index (χ3n) is 5.10. The van der Waals surface area contributed by atoms with Gasteiger partial charge in [-0.2, -0.15) is 4.31 Å². The fourth-order valence-corrected chi connectivity index (χ4v) is 7.74. The van der Waals surface area contributed by atoms with Crippen LogP contribution in [0.1, 0.15) is 13.8 Å². The Labute approximate surface area is 181 Å². The summed E-state index contributed by atoms with van der Waals surface area (Å²) in [5.74, 6) is 0. The van der Waals surface area contributed by atoms with Crippen LogP contribution in [0.2, 0.25) is 5.02 Å². The van der Waals surface area contributed by atoms with E-state index < -0.39 is 20.0 Å². The topological polar surface area (TPSA) is 88.5 Å². The summed E-state index contributed by atoms with van der Waals surface area (Å²) in [6, 6.07) is 13.7. The van der Waals surface area contributed by atoms with Crippen LogP contribution in [0.3, 0.4) is 0 Å². The molecule has 3 aromatic rings. The zero-order valence-electron chi connectivity index (χ0n) is 16.5. The quantitative estimate of drug-likeness (QED) is 0.637. The maximum atomic E-state index is 13.6. The number of hydrogen-bond acceptors (Lipinski definition) is 5. The number of benzene rings is 2. The standard InChI is InChI=1S/C20H22ClN3O4S2/c1-14-12-23(13-15(2)22-14)30(27,28)20-11-16-10-17(21)8-9-19(16)24(20)29(25,26)18-6-4-3-5-7-18/h3-11,14-15,22H,12-13H2,1-2H3. The van der Waals surface area contributed by atoms with Gasteiger partial charge in [-0.15, -0.1) is 0 Å². The van der Waals surface area contributed by atoms with Gasteiger partial charge >= 0.3 is 0 Å². The third kappa shape index (κ3) is 3.65. The number of sulfonamides is 1. The van der Waals surface area contributed by atoms with E-state index in [-0.39, 0.29) is 40.6 Å². The Morgan fingerprint density at radius 3 is 2.17 bits per heavy atom. The van der Waals surface area contributed by atoms with Crippen molar-refractivity contribution < 1.29 is 16.8 Å². The Morgan fingerprint density at radius 2 is 1.53 bits per heavy atom. The van der Waals surface area contributed by atoms with E-state index in [1.807, 2.05) is 13.8 Å². The third-order valence-corrected chi connectivity index (χ3v) is 9.00. The lowest BCUT2D eigenvalue weighted by atomic mass is 10.2. The summed E-state index contributed by atoms with van der Waals surface area (Å²) < 4.78 is 56.5.